The molecule has 1 aliphatic heterocycles. The summed E-state index contributed by atoms with van der Waals surface area (Å²) in [7, 11) is 0. The van der Waals surface area contributed by atoms with Gasteiger partial charge in [0, 0.05) is 5.88 Å². The van der Waals surface area contributed by atoms with Crippen LogP contribution in [-0.2, 0) is 4.74 Å². The number of para-hydroxylation sites is 1. The van der Waals surface area contributed by atoms with Gasteiger partial charge in [-0.25, -0.2) is 0 Å². The highest BCUT2D eigenvalue weighted by Crippen LogP contribution is 2.29. The maximum atomic E-state index is 5.87. The summed E-state index contributed by atoms with van der Waals surface area (Å²) in [6.07, 6.45) is 0. The van der Waals surface area contributed by atoms with Gasteiger partial charge in [0.25, 0.3) is 0 Å². The number of hydrogen-bond donors (Lipinski definition) is 0. The highest BCUT2D eigenvalue weighted by Gasteiger charge is 2.38. The zero-order valence-electron chi connectivity index (χ0n) is 7.91. The summed E-state index contributed by atoms with van der Waals surface area (Å²) >= 11 is 5.87. The molecule has 76 valence electrons. The molecule has 1 aliphatic rings. The molecule has 0 aliphatic carbocycles. The molecule has 0 radical (unpaired) electrons. The van der Waals surface area contributed by atoms with Crippen molar-refractivity contribution in [2.75, 3.05) is 25.7 Å². The van der Waals surface area contributed by atoms with Crippen LogP contribution in [0.15, 0.2) is 30.3 Å². The van der Waals surface area contributed by atoms with E-state index < -0.39 is 0 Å². The van der Waals surface area contributed by atoms with Crippen molar-refractivity contribution in [2.24, 2.45) is 5.41 Å². The van der Waals surface area contributed by atoms with E-state index >= 15 is 0 Å². The van der Waals surface area contributed by atoms with Crippen molar-refractivity contribution < 1.29 is 9.47 Å². The van der Waals surface area contributed by atoms with Crippen molar-refractivity contribution in [2.45, 2.75) is 0 Å². The molecule has 0 bridgehead atoms. The van der Waals surface area contributed by atoms with Gasteiger partial charge in [-0.2, -0.15) is 0 Å². The molecule has 0 saturated carbocycles. The predicted octanol–water partition coefficient (Wildman–Crippen LogP) is 2.32. The topological polar surface area (TPSA) is 18.5 Å². The first-order chi connectivity index (χ1) is 6.85. The van der Waals surface area contributed by atoms with Crippen LogP contribution in [0.1, 0.15) is 0 Å². The zero-order valence-corrected chi connectivity index (χ0v) is 8.67. The fourth-order valence-corrected chi connectivity index (χ4v) is 1.57. The Balaban J connectivity index is 1.88. The Morgan fingerprint density at radius 1 is 1.29 bits per heavy atom. The van der Waals surface area contributed by atoms with E-state index in [1.807, 2.05) is 30.3 Å². The summed E-state index contributed by atoms with van der Waals surface area (Å²) in [5, 5.41) is 0. The quantitative estimate of drug-likeness (QED) is 0.714. The van der Waals surface area contributed by atoms with Crippen LogP contribution < -0.4 is 4.74 Å². The average Bonchev–Trinajstić information content (AvgIpc) is 2.19. The summed E-state index contributed by atoms with van der Waals surface area (Å²) in [6.45, 7) is 2.06. The van der Waals surface area contributed by atoms with Crippen LogP contribution in [-0.4, -0.2) is 25.7 Å². The van der Waals surface area contributed by atoms with Gasteiger partial charge in [0.1, 0.15) is 5.75 Å². The molecule has 3 heteroatoms. The summed E-state index contributed by atoms with van der Waals surface area (Å²) in [6, 6.07) is 9.78. The van der Waals surface area contributed by atoms with Crippen LogP contribution in [0.2, 0.25) is 0 Å². The van der Waals surface area contributed by atoms with E-state index in [-0.39, 0.29) is 5.41 Å². The smallest absolute Gasteiger partial charge is 0.119 e. The van der Waals surface area contributed by atoms with Gasteiger partial charge in [-0.05, 0) is 12.1 Å². The van der Waals surface area contributed by atoms with Crippen molar-refractivity contribution in [3.05, 3.63) is 30.3 Å². The predicted molar refractivity (Wildman–Crippen MR) is 55.9 cm³/mol. The monoisotopic (exact) mass is 212 g/mol. The van der Waals surface area contributed by atoms with Gasteiger partial charge in [0.2, 0.25) is 0 Å². The molecule has 0 atom stereocenters. The molecule has 0 spiro atoms. The van der Waals surface area contributed by atoms with E-state index in [0.29, 0.717) is 25.7 Å². The Kier molecular flexibility index (Phi) is 2.94. The third-order valence-corrected chi connectivity index (χ3v) is 2.96. The Morgan fingerprint density at radius 2 is 2.00 bits per heavy atom. The molecular formula is C11H13ClO2. The molecule has 0 unspecified atom stereocenters. The molecular weight excluding hydrogens is 200 g/mol. The number of alkyl halides is 1. The standard InChI is InChI=1S/C11H13ClO2/c12-6-11(7-13-8-11)9-14-10-4-2-1-3-5-10/h1-5H,6-9H2. The highest BCUT2D eigenvalue weighted by atomic mass is 35.5. The van der Waals surface area contributed by atoms with Crippen molar-refractivity contribution in [3.63, 3.8) is 0 Å². The van der Waals surface area contributed by atoms with Crippen molar-refractivity contribution in [1.82, 2.24) is 0 Å². The maximum Gasteiger partial charge on any atom is 0.119 e. The number of hydrogen-bond acceptors (Lipinski definition) is 2. The Labute approximate surface area is 88.8 Å². The minimum Gasteiger partial charge on any atom is -0.493 e. The third-order valence-electron chi connectivity index (χ3n) is 2.39. The van der Waals surface area contributed by atoms with Crippen LogP contribution in [0.25, 0.3) is 0 Å². The normalized spacial score (nSPS) is 18.6. The second-order valence-electron chi connectivity index (χ2n) is 3.73. The SMILES string of the molecule is ClCC1(COc2ccccc2)COC1. The lowest BCUT2D eigenvalue weighted by Gasteiger charge is -2.39. The molecule has 2 nitrogen and oxygen atoms in total. The van der Waals surface area contributed by atoms with E-state index in [1.54, 1.807) is 0 Å². The number of ether oxygens (including phenoxy) is 2. The first-order valence-corrected chi connectivity index (χ1v) is 5.20. The fourth-order valence-electron chi connectivity index (χ4n) is 1.34. The van der Waals surface area contributed by atoms with Gasteiger partial charge in [0.05, 0.1) is 25.2 Å². The lowest BCUT2D eigenvalue weighted by atomic mass is 9.90. The van der Waals surface area contributed by atoms with Crippen LogP contribution >= 0.6 is 11.6 Å². The zero-order chi connectivity index (χ0) is 9.86. The Bertz CT molecular complexity index is 277. The van der Waals surface area contributed by atoms with E-state index in [9.17, 15) is 0 Å². The summed E-state index contributed by atoms with van der Waals surface area (Å²) in [5.41, 5.74) is 0.0391. The highest BCUT2D eigenvalue weighted by molar-refractivity contribution is 6.18. The first kappa shape index (κ1) is 9.81. The molecule has 1 fully saturated rings. The van der Waals surface area contributed by atoms with E-state index in [1.165, 1.54) is 0 Å². The van der Waals surface area contributed by atoms with Crippen molar-refractivity contribution in [1.29, 1.82) is 0 Å². The molecule has 1 heterocycles. The van der Waals surface area contributed by atoms with Crippen LogP contribution in [0.4, 0.5) is 0 Å². The number of halogens is 1. The van der Waals surface area contributed by atoms with E-state index in [2.05, 4.69) is 0 Å². The lowest BCUT2D eigenvalue weighted by molar-refractivity contribution is -0.117. The van der Waals surface area contributed by atoms with Gasteiger partial charge in [-0.15, -0.1) is 11.6 Å². The molecule has 14 heavy (non-hydrogen) atoms. The van der Waals surface area contributed by atoms with E-state index in [4.69, 9.17) is 21.1 Å². The van der Waals surface area contributed by atoms with Gasteiger partial charge >= 0.3 is 0 Å². The summed E-state index contributed by atoms with van der Waals surface area (Å²) < 4.78 is 10.8. The minimum atomic E-state index is 0.0391. The van der Waals surface area contributed by atoms with Crippen LogP contribution in [0.3, 0.4) is 0 Å². The first-order valence-electron chi connectivity index (χ1n) is 4.66. The molecule has 1 aromatic carbocycles. The Hall–Kier alpha value is -0.730. The number of rotatable bonds is 4. The average molecular weight is 213 g/mol. The maximum absolute atomic E-state index is 5.87. The Morgan fingerprint density at radius 3 is 2.50 bits per heavy atom. The second-order valence-corrected chi connectivity index (χ2v) is 4.00. The van der Waals surface area contributed by atoms with Gasteiger partial charge in [-0.1, -0.05) is 18.2 Å². The fraction of sp³-hybridized carbons (Fsp3) is 0.455. The molecule has 0 amide bonds. The minimum absolute atomic E-state index is 0.0391. The number of benzene rings is 1. The molecule has 0 aromatic heterocycles. The van der Waals surface area contributed by atoms with Gasteiger partial charge in [0.15, 0.2) is 0 Å². The molecule has 1 aromatic rings. The van der Waals surface area contributed by atoms with Crippen molar-refractivity contribution >= 4 is 11.6 Å². The van der Waals surface area contributed by atoms with Crippen LogP contribution in [0, 0.1) is 5.41 Å². The van der Waals surface area contributed by atoms with Crippen LogP contribution in [0.5, 0.6) is 5.75 Å². The molecule has 1 saturated heterocycles. The summed E-state index contributed by atoms with van der Waals surface area (Å²) in [4.78, 5) is 0. The second kappa shape index (κ2) is 4.20. The largest absolute Gasteiger partial charge is 0.493 e. The van der Waals surface area contributed by atoms with E-state index in [0.717, 1.165) is 5.75 Å². The third kappa shape index (κ3) is 2.02. The summed E-state index contributed by atoms with van der Waals surface area (Å²) in [5.74, 6) is 1.49. The lowest BCUT2D eigenvalue weighted by Crippen LogP contribution is -2.48. The van der Waals surface area contributed by atoms with Gasteiger partial charge < -0.3 is 9.47 Å². The van der Waals surface area contributed by atoms with Crippen molar-refractivity contribution in [3.8, 4) is 5.75 Å². The molecule has 2 rings (SSSR count). The molecule has 0 N–H and O–H groups in total. The van der Waals surface area contributed by atoms with Gasteiger partial charge in [-0.3, -0.25) is 0 Å².